The van der Waals surface area contributed by atoms with E-state index in [0.29, 0.717) is 30.5 Å². The number of nitrogens with zero attached hydrogens (tertiary/aromatic N) is 2. The summed E-state index contributed by atoms with van der Waals surface area (Å²) in [5.41, 5.74) is 1.63. The van der Waals surface area contributed by atoms with E-state index in [9.17, 15) is 8.78 Å². The average molecular weight is 404 g/mol. The zero-order valence-corrected chi connectivity index (χ0v) is 16.4. The third kappa shape index (κ3) is 6.58. The first-order valence-corrected chi connectivity index (χ1v) is 9.73. The molecule has 0 spiro atoms. The molecule has 1 fully saturated rings. The highest BCUT2D eigenvalue weighted by Gasteiger charge is 2.17. The molecule has 156 valence electrons. The lowest BCUT2D eigenvalue weighted by molar-refractivity contribution is -0.0504. The zero-order valence-electron chi connectivity index (χ0n) is 16.4. The Hall–Kier alpha value is -2.90. The van der Waals surface area contributed by atoms with Gasteiger partial charge >= 0.3 is 6.61 Å². The van der Waals surface area contributed by atoms with E-state index in [4.69, 9.17) is 4.74 Å². The second-order valence-electron chi connectivity index (χ2n) is 6.79. The van der Waals surface area contributed by atoms with Crippen LogP contribution in [-0.2, 0) is 13.1 Å². The molecule has 1 aromatic carbocycles. The highest BCUT2D eigenvalue weighted by molar-refractivity contribution is 5.79. The molecule has 0 bridgehead atoms. The molecule has 0 unspecified atom stereocenters. The molecule has 1 saturated carbocycles. The number of halogens is 2. The Morgan fingerprint density at radius 1 is 1.17 bits per heavy atom. The molecule has 0 aliphatic heterocycles. The minimum atomic E-state index is -2.86. The highest BCUT2D eigenvalue weighted by Crippen LogP contribution is 2.23. The Morgan fingerprint density at radius 3 is 2.69 bits per heavy atom. The third-order valence-corrected chi connectivity index (χ3v) is 4.71. The lowest BCUT2D eigenvalue weighted by Crippen LogP contribution is -2.36. The Balaban J connectivity index is 1.52. The van der Waals surface area contributed by atoms with Crippen LogP contribution in [0.1, 0.15) is 36.8 Å². The molecule has 0 atom stereocenters. The summed E-state index contributed by atoms with van der Waals surface area (Å²) in [4.78, 5) is 8.46. The van der Waals surface area contributed by atoms with Crippen molar-refractivity contribution in [2.45, 2.75) is 51.5 Å². The van der Waals surface area contributed by atoms with Crippen molar-refractivity contribution in [3.05, 3.63) is 53.7 Å². The first-order valence-electron chi connectivity index (χ1n) is 9.73. The lowest BCUT2D eigenvalue weighted by Gasteiger charge is -2.15. The van der Waals surface area contributed by atoms with Crippen molar-refractivity contribution in [1.82, 2.24) is 15.6 Å². The summed E-state index contributed by atoms with van der Waals surface area (Å²) in [6, 6.07) is 10.5. The molecule has 0 radical (unpaired) electrons. The van der Waals surface area contributed by atoms with Crippen LogP contribution in [0.5, 0.6) is 11.6 Å². The number of rotatable bonds is 8. The average Bonchev–Trinajstić information content (AvgIpc) is 3.22. The largest absolute Gasteiger partial charge is 0.474 e. The van der Waals surface area contributed by atoms with Gasteiger partial charge in [-0.3, -0.25) is 4.99 Å². The number of hydrogen-bond donors (Lipinski definition) is 2. The molecule has 1 aliphatic rings. The van der Waals surface area contributed by atoms with Crippen LogP contribution in [0.2, 0.25) is 0 Å². The van der Waals surface area contributed by atoms with Crippen LogP contribution in [-0.4, -0.2) is 30.7 Å². The van der Waals surface area contributed by atoms with Gasteiger partial charge in [0.25, 0.3) is 0 Å². The van der Waals surface area contributed by atoms with Crippen LogP contribution in [0.25, 0.3) is 0 Å². The summed E-state index contributed by atoms with van der Waals surface area (Å²) in [7, 11) is 1.65. The quantitative estimate of drug-likeness (QED) is 0.516. The Morgan fingerprint density at radius 2 is 1.93 bits per heavy atom. The number of para-hydroxylation sites is 1. The van der Waals surface area contributed by atoms with Gasteiger partial charge in [0.2, 0.25) is 5.88 Å². The number of nitrogens with one attached hydrogen (secondary N) is 2. The number of benzene rings is 1. The summed E-state index contributed by atoms with van der Waals surface area (Å²) in [6.07, 6.45) is 6.57. The summed E-state index contributed by atoms with van der Waals surface area (Å²) < 4.78 is 35.6. The van der Waals surface area contributed by atoms with E-state index < -0.39 is 6.61 Å². The fourth-order valence-electron chi connectivity index (χ4n) is 3.25. The van der Waals surface area contributed by atoms with Gasteiger partial charge in [-0.2, -0.15) is 8.78 Å². The molecule has 2 aromatic rings. The van der Waals surface area contributed by atoms with Crippen LogP contribution in [0.3, 0.4) is 0 Å². The smallest absolute Gasteiger partial charge is 0.387 e. The number of pyridine rings is 1. The van der Waals surface area contributed by atoms with Crippen molar-refractivity contribution in [3.8, 4) is 11.6 Å². The van der Waals surface area contributed by atoms with E-state index in [-0.39, 0.29) is 11.9 Å². The van der Waals surface area contributed by atoms with Crippen molar-refractivity contribution in [3.63, 3.8) is 0 Å². The first kappa shape index (κ1) is 20.8. The topological polar surface area (TPSA) is 67.8 Å². The van der Waals surface area contributed by atoms with E-state index in [1.54, 1.807) is 31.4 Å². The van der Waals surface area contributed by atoms with E-state index in [1.165, 1.54) is 18.9 Å². The van der Waals surface area contributed by atoms with Crippen molar-refractivity contribution in [2.24, 2.45) is 4.99 Å². The molecule has 3 rings (SSSR count). The third-order valence-electron chi connectivity index (χ3n) is 4.71. The number of alkyl halides is 2. The van der Waals surface area contributed by atoms with Gasteiger partial charge in [-0.25, -0.2) is 4.98 Å². The van der Waals surface area contributed by atoms with Crippen molar-refractivity contribution >= 4 is 5.96 Å². The van der Waals surface area contributed by atoms with Crippen LogP contribution in [0, 0.1) is 0 Å². The molecule has 1 aromatic heterocycles. The summed E-state index contributed by atoms with van der Waals surface area (Å²) in [5.74, 6) is 1.33. The van der Waals surface area contributed by atoms with E-state index in [2.05, 4.69) is 25.3 Å². The van der Waals surface area contributed by atoms with E-state index in [1.807, 2.05) is 12.1 Å². The molecule has 2 N–H and O–H groups in total. The minimum absolute atomic E-state index is 0.147. The number of aliphatic imine (C=N–C) groups is 1. The van der Waals surface area contributed by atoms with Crippen LogP contribution in [0.15, 0.2) is 47.6 Å². The molecule has 6 nitrogen and oxygen atoms in total. The van der Waals surface area contributed by atoms with Gasteiger partial charge in [-0.1, -0.05) is 18.2 Å². The maximum atomic E-state index is 12.5. The number of ether oxygens (including phenoxy) is 2. The van der Waals surface area contributed by atoms with Gasteiger partial charge in [0.15, 0.2) is 5.96 Å². The van der Waals surface area contributed by atoms with Gasteiger partial charge in [0.05, 0.1) is 0 Å². The van der Waals surface area contributed by atoms with Gasteiger partial charge < -0.3 is 20.1 Å². The Bertz CT molecular complexity index is 811. The molecule has 1 aliphatic carbocycles. The van der Waals surface area contributed by atoms with Gasteiger partial charge in [-0.05, 0) is 43.4 Å². The maximum Gasteiger partial charge on any atom is 0.387 e. The monoisotopic (exact) mass is 404 g/mol. The van der Waals surface area contributed by atoms with E-state index >= 15 is 0 Å². The summed E-state index contributed by atoms with van der Waals surface area (Å²) in [5, 5.41) is 6.31. The first-order chi connectivity index (χ1) is 14.1. The number of aromatic nitrogens is 1. The predicted molar refractivity (Wildman–Crippen MR) is 107 cm³/mol. The SMILES string of the molecule is CN=C(NCc1ccnc(OC2CCCC2)c1)NCc1ccccc1OC(F)F. The zero-order chi connectivity index (χ0) is 20.5. The van der Waals surface area contributed by atoms with E-state index in [0.717, 1.165) is 18.4 Å². The molecule has 8 heteroatoms. The van der Waals surface area contributed by atoms with Crippen LogP contribution in [0.4, 0.5) is 8.78 Å². The molecule has 0 amide bonds. The maximum absolute atomic E-state index is 12.5. The number of guanidine groups is 1. The minimum Gasteiger partial charge on any atom is -0.474 e. The standard InChI is InChI=1S/C21H26F2N4O2/c1-24-21(27-14-16-6-2-5-9-18(16)29-20(22)23)26-13-15-10-11-25-19(12-15)28-17-7-3-4-8-17/h2,5-6,9-12,17,20H,3-4,7-8,13-14H2,1H3,(H2,24,26,27). The van der Waals surface area contributed by atoms with Crippen molar-refractivity contribution in [2.75, 3.05) is 7.05 Å². The predicted octanol–water partition coefficient (Wildman–Crippen LogP) is 3.87. The normalized spacial score (nSPS) is 14.8. The molecular formula is C21H26F2N4O2. The molecule has 1 heterocycles. The fraction of sp³-hybridized carbons (Fsp3) is 0.429. The molecule has 29 heavy (non-hydrogen) atoms. The molecule has 0 saturated heterocycles. The van der Waals surface area contributed by atoms with Crippen molar-refractivity contribution < 1.29 is 18.3 Å². The van der Waals surface area contributed by atoms with Crippen molar-refractivity contribution in [1.29, 1.82) is 0 Å². The van der Waals surface area contributed by atoms with Crippen LogP contribution >= 0.6 is 0 Å². The highest BCUT2D eigenvalue weighted by atomic mass is 19.3. The fourth-order valence-corrected chi connectivity index (χ4v) is 3.25. The van der Waals surface area contributed by atoms with Gasteiger partial charge in [-0.15, -0.1) is 0 Å². The number of hydrogen-bond acceptors (Lipinski definition) is 4. The Kier molecular flexibility index (Phi) is 7.61. The van der Waals surface area contributed by atoms with Gasteiger partial charge in [0.1, 0.15) is 11.9 Å². The second kappa shape index (κ2) is 10.6. The Labute approximate surface area is 169 Å². The lowest BCUT2D eigenvalue weighted by atomic mass is 10.2. The summed E-state index contributed by atoms with van der Waals surface area (Å²) >= 11 is 0. The molecular weight excluding hydrogens is 378 g/mol. The second-order valence-corrected chi connectivity index (χ2v) is 6.79. The van der Waals surface area contributed by atoms with Gasteiger partial charge in [0, 0.05) is 38.0 Å². The summed E-state index contributed by atoms with van der Waals surface area (Å²) in [6.45, 7) is -2.03. The van der Waals surface area contributed by atoms with Crippen LogP contribution < -0.4 is 20.1 Å².